The molecule has 0 radical (unpaired) electrons. The fourth-order valence-corrected chi connectivity index (χ4v) is 6.93. The van der Waals surface area contributed by atoms with E-state index in [2.05, 4.69) is 30.7 Å². The normalized spacial score (nSPS) is 17.1. The number of fused-ring (bicyclic) bond motifs is 1. The molecule has 44 heavy (non-hydrogen) atoms. The third-order valence-corrected chi connectivity index (χ3v) is 9.04. The van der Waals surface area contributed by atoms with Crippen molar-refractivity contribution in [2.75, 3.05) is 48.4 Å². The van der Waals surface area contributed by atoms with Crippen LogP contribution < -0.4 is 15.5 Å². The van der Waals surface area contributed by atoms with Crippen LogP contribution in [0.25, 0.3) is 0 Å². The van der Waals surface area contributed by atoms with Crippen LogP contribution in [0.5, 0.6) is 0 Å². The van der Waals surface area contributed by atoms with Crippen molar-refractivity contribution in [1.82, 2.24) is 19.5 Å². The van der Waals surface area contributed by atoms with Crippen molar-refractivity contribution >= 4 is 40.0 Å². The Bertz CT molecular complexity index is 1710. The molecule has 1 saturated heterocycles. The number of amides is 2. The number of hydrogen-bond acceptors (Lipinski definition) is 6. The van der Waals surface area contributed by atoms with Crippen LogP contribution in [-0.4, -0.2) is 68.4 Å². The van der Waals surface area contributed by atoms with E-state index in [1.807, 2.05) is 19.9 Å². The molecule has 2 aliphatic rings. The van der Waals surface area contributed by atoms with E-state index in [1.165, 1.54) is 0 Å². The third-order valence-electron chi connectivity index (χ3n) is 7.67. The summed E-state index contributed by atoms with van der Waals surface area (Å²) in [6.07, 6.45) is 1.63. The zero-order valence-corrected chi connectivity index (χ0v) is 24.9. The molecule has 4 aromatic rings. The summed E-state index contributed by atoms with van der Waals surface area (Å²) in [5.41, 5.74) is 2.45. The van der Waals surface area contributed by atoms with E-state index in [1.54, 1.807) is 34.8 Å². The van der Waals surface area contributed by atoms with E-state index in [0.29, 0.717) is 49.8 Å². The Morgan fingerprint density at radius 3 is 2.48 bits per heavy atom. The Hall–Kier alpha value is -4.40. The molecule has 1 atom stereocenters. The van der Waals surface area contributed by atoms with Gasteiger partial charge >= 0.3 is 0 Å². The average molecular weight is 624 g/mol. The second kappa shape index (κ2) is 11.9. The van der Waals surface area contributed by atoms with Crippen LogP contribution in [0.2, 0.25) is 0 Å². The fraction of sp³-hybridized carbons (Fsp3) is 0.300. The number of carbonyl (C=O) groups excluding carboxylic acids is 2. The first kappa shape index (κ1) is 29.7. The minimum Gasteiger partial charge on any atom is -0.378 e. The van der Waals surface area contributed by atoms with Gasteiger partial charge in [0.05, 0.1) is 29.4 Å². The molecule has 2 aliphatic heterocycles. The van der Waals surface area contributed by atoms with Gasteiger partial charge in [-0.1, -0.05) is 13.8 Å². The zero-order valence-electron chi connectivity index (χ0n) is 24.1. The predicted molar refractivity (Wildman–Crippen MR) is 161 cm³/mol. The lowest BCUT2D eigenvalue weighted by Gasteiger charge is -2.36. The van der Waals surface area contributed by atoms with Gasteiger partial charge in [-0.3, -0.25) is 14.7 Å². The molecule has 0 spiro atoms. The summed E-state index contributed by atoms with van der Waals surface area (Å²) in [5.74, 6) is -2.34. The summed E-state index contributed by atoms with van der Waals surface area (Å²) in [7, 11) is -1.88. The van der Waals surface area contributed by atoms with Crippen LogP contribution in [0.4, 0.5) is 26.0 Å². The molecule has 2 aromatic heterocycles. The smallest absolute Gasteiger partial charge is 0.272 e. The fourth-order valence-electron chi connectivity index (χ4n) is 5.52. The first-order valence-electron chi connectivity index (χ1n) is 14.0. The lowest BCUT2D eigenvalue weighted by molar-refractivity contribution is 0.102. The maximum Gasteiger partial charge on any atom is 0.272 e. The first-order valence-corrected chi connectivity index (χ1v) is 15.1. The quantitative estimate of drug-likeness (QED) is 0.244. The molecule has 1 fully saturated rings. The average Bonchev–Trinajstić information content (AvgIpc) is 3.68. The van der Waals surface area contributed by atoms with E-state index >= 15 is 0 Å². The lowest BCUT2D eigenvalue weighted by Crippen LogP contribution is -2.43. The summed E-state index contributed by atoms with van der Waals surface area (Å²) in [6, 6.07) is 11.4. The molecule has 4 N–H and O–H groups in total. The largest absolute Gasteiger partial charge is 0.378 e. The number of aromatic amines is 2. The first-order chi connectivity index (χ1) is 21.1. The maximum atomic E-state index is 13.9. The van der Waals surface area contributed by atoms with Crippen LogP contribution in [0, 0.1) is 11.6 Å². The molecule has 11 nitrogen and oxygen atoms in total. The molecule has 0 saturated carbocycles. The number of aromatic nitrogens is 3. The number of morpholine rings is 1. The summed E-state index contributed by atoms with van der Waals surface area (Å²) in [6.45, 7) is 6.73. The van der Waals surface area contributed by atoms with Gasteiger partial charge in [0.15, 0.2) is 5.82 Å². The summed E-state index contributed by atoms with van der Waals surface area (Å²) in [5, 5.41) is 13.1. The molecule has 6 rings (SSSR count). The highest BCUT2D eigenvalue weighted by Crippen LogP contribution is 2.37. The Balaban J connectivity index is 1.28. The van der Waals surface area contributed by atoms with Crippen molar-refractivity contribution in [2.24, 2.45) is 0 Å². The van der Waals surface area contributed by atoms with Crippen molar-refractivity contribution in [1.29, 1.82) is 0 Å². The van der Waals surface area contributed by atoms with E-state index in [4.69, 9.17) is 4.74 Å². The minimum atomic E-state index is -1.88. The van der Waals surface area contributed by atoms with Crippen molar-refractivity contribution in [2.45, 2.75) is 30.7 Å². The number of halogens is 2. The maximum absolute atomic E-state index is 13.9. The highest BCUT2D eigenvalue weighted by molar-refractivity contribution is 7.82. The van der Waals surface area contributed by atoms with Crippen molar-refractivity contribution < 1.29 is 27.3 Å². The van der Waals surface area contributed by atoms with E-state index in [0.717, 1.165) is 29.6 Å². The third kappa shape index (κ3) is 6.00. The van der Waals surface area contributed by atoms with Gasteiger partial charge in [0, 0.05) is 60.8 Å². The number of H-pyrrole nitrogens is 2. The molecule has 0 bridgehead atoms. The van der Waals surface area contributed by atoms with E-state index in [-0.39, 0.29) is 22.8 Å². The molecule has 230 valence electrons. The van der Waals surface area contributed by atoms with Gasteiger partial charge in [0.25, 0.3) is 11.8 Å². The number of hydrogen-bond donors (Lipinski definition) is 4. The summed E-state index contributed by atoms with van der Waals surface area (Å²) < 4.78 is 48.3. The van der Waals surface area contributed by atoms with Gasteiger partial charge in [-0.05, 0) is 42.5 Å². The number of carbonyl (C=O) groups is 2. The highest BCUT2D eigenvalue weighted by atomic mass is 32.2. The number of rotatable bonds is 7. The van der Waals surface area contributed by atoms with Gasteiger partial charge in [-0.25, -0.2) is 17.3 Å². The molecule has 2 amide bonds. The van der Waals surface area contributed by atoms with Crippen molar-refractivity contribution in [3.8, 4) is 0 Å². The topological polar surface area (TPSA) is 135 Å². The molecule has 2 aromatic carbocycles. The SMILES string of the molecule is CC1(C)CN(S(=O)c2cc(F)cc(F)c2)Cc2c(NC(=O)c3ccc(N4CCOCC4)cc3NC(=O)c3ccc[nH]3)n[nH]c21. The molecular formula is C30H31F2N7O4S. The van der Waals surface area contributed by atoms with Crippen LogP contribution in [0.3, 0.4) is 0 Å². The van der Waals surface area contributed by atoms with Crippen LogP contribution in [-0.2, 0) is 27.7 Å². The van der Waals surface area contributed by atoms with Gasteiger partial charge in [-0.2, -0.15) is 5.10 Å². The predicted octanol–water partition coefficient (Wildman–Crippen LogP) is 4.17. The molecule has 4 heterocycles. The number of nitrogens with zero attached hydrogens (tertiary/aromatic N) is 3. The summed E-state index contributed by atoms with van der Waals surface area (Å²) >= 11 is 0. The van der Waals surface area contributed by atoms with Crippen molar-refractivity contribution in [3.63, 3.8) is 0 Å². The Labute approximate surface area is 254 Å². The van der Waals surface area contributed by atoms with E-state index < -0.39 is 39.8 Å². The monoisotopic (exact) mass is 623 g/mol. The highest BCUT2D eigenvalue weighted by Gasteiger charge is 2.38. The van der Waals surface area contributed by atoms with Crippen LogP contribution >= 0.6 is 0 Å². The number of nitrogens with one attached hydrogen (secondary N) is 4. The number of anilines is 3. The van der Waals surface area contributed by atoms with Gasteiger partial charge in [0.2, 0.25) is 0 Å². The number of ether oxygens (including phenoxy) is 1. The molecular weight excluding hydrogens is 592 g/mol. The molecule has 0 aliphatic carbocycles. The van der Waals surface area contributed by atoms with Crippen molar-refractivity contribution in [3.05, 3.63) is 88.9 Å². The minimum absolute atomic E-state index is 0.00126. The summed E-state index contributed by atoms with van der Waals surface area (Å²) in [4.78, 5) is 31.7. The molecule has 14 heteroatoms. The van der Waals surface area contributed by atoms with Gasteiger partial charge in [-0.15, -0.1) is 0 Å². The van der Waals surface area contributed by atoms with Gasteiger partial charge < -0.3 is 25.3 Å². The lowest BCUT2D eigenvalue weighted by atomic mass is 9.84. The second-order valence-corrected chi connectivity index (χ2v) is 12.8. The zero-order chi connectivity index (χ0) is 31.0. The van der Waals surface area contributed by atoms with E-state index in [9.17, 15) is 22.6 Å². The standard InChI is InChI=1S/C30H31F2N7O4S/c1-30(2)17-39(44(42)21-13-18(31)12-19(32)14-21)16-23-26(30)36-37-27(23)35-28(40)22-6-5-20(38-8-10-43-11-9-38)15-25(22)34-29(41)24-4-3-7-33-24/h3-7,12-15,33H,8-11,16-17H2,1-2H3,(H,34,41)(H2,35,36,37,40). The second-order valence-electron chi connectivity index (χ2n) is 11.3. The number of benzene rings is 2. The van der Waals surface area contributed by atoms with Crippen LogP contribution in [0.1, 0.15) is 46.0 Å². The Kier molecular flexibility index (Phi) is 8.05. The molecule has 1 unspecified atom stereocenters. The van der Waals surface area contributed by atoms with Crippen LogP contribution in [0.15, 0.2) is 59.6 Å². The Morgan fingerprint density at radius 2 is 1.77 bits per heavy atom. The Morgan fingerprint density at radius 1 is 1.02 bits per heavy atom. The van der Waals surface area contributed by atoms with Gasteiger partial charge in [0.1, 0.15) is 28.3 Å².